The number of rotatable bonds is 1. The van der Waals surface area contributed by atoms with Crippen LogP contribution in [0.15, 0.2) is 18.2 Å². The predicted octanol–water partition coefficient (Wildman–Crippen LogP) is 3.57. The van der Waals surface area contributed by atoms with Gasteiger partial charge < -0.3 is 5.11 Å². The number of hydrogen-bond acceptors (Lipinski definition) is 2. The molecule has 0 saturated heterocycles. The summed E-state index contributed by atoms with van der Waals surface area (Å²) in [6.45, 7) is 2.26. The summed E-state index contributed by atoms with van der Waals surface area (Å²) in [7, 11) is 0. The Morgan fingerprint density at radius 3 is 2.89 bits per heavy atom. The third-order valence-electron chi connectivity index (χ3n) is 5.17. The number of benzene rings is 1. The molecule has 1 saturated carbocycles. The van der Waals surface area contributed by atoms with E-state index >= 15 is 0 Å². The van der Waals surface area contributed by atoms with E-state index in [4.69, 9.17) is 0 Å². The lowest BCUT2D eigenvalue weighted by molar-refractivity contribution is -0.123. The average Bonchev–Trinajstić information content (AvgIpc) is 2.38. The molecule has 2 heteroatoms. The van der Waals surface area contributed by atoms with Gasteiger partial charge in [-0.2, -0.15) is 0 Å². The molecule has 2 aliphatic rings. The first-order valence-corrected chi connectivity index (χ1v) is 6.98. The summed E-state index contributed by atoms with van der Waals surface area (Å²) in [6.07, 6.45) is 5.88. The fourth-order valence-electron chi connectivity index (χ4n) is 3.98. The molecule has 0 aromatic heterocycles. The molecule has 0 amide bonds. The summed E-state index contributed by atoms with van der Waals surface area (Å²) in [4.78, 5) is 11.8. The summed E-state index contributed by atoms with van der Waals surface area (Å²) < 4.78 is 0. The van der Waals surface area contributed by atoms with E-state index in [0.29, 0.717) is 29.3 Å². The van der Waals surface area contributed by atoms with Gasteiger partial charge in [0.2, 0.25) is 0 Å². The van der Waals surface area contributed by atoms with Crippen LogP contribution in [0.1, 0.15) is 56.1 Å². The highest BCUT2D eigenvalue weighted by Crippen LogP contribution is 2.55. The van der Waals surface area contributed by atoms with Crippen molar-refractivity contribution < 1.29 is 9.90 Å². The van der Waals surface area contributed by atoms with Crippen LogP contribution in [0.5, 0.6) is 5.75 Å². The first kappa shape index (κ1) is 11.8. The van der Waals surface area contributed by atoms with E-state index in [-0.39, 0.29) is 0 Å². The maximum Gasteiger partial charge on any atom is 0.133 e. The van der Waals surface area contributed by atoms with Gasteiger partial charge in [-0.1, -0.05) is 13.0 Å². The Morgan fingerprint density at radius 2 is 2.11 bits per heavy atom. The number of aryl methyl sites for hydroxylation is 1. The van der Waals surface area contributed by atoms with Crippen LogP contribution in [0.25, 0.3) is 0 Å². The Labute approximate surface area is 108 Å². The number of aromatic hydroxyl groups is 1. The van der Waals surface area contributed by atoms with E-state index < -0.39 is 0 Å². The molecule has 96 valence electrons. The molecule has 18 heavy (non-hydrogen) atoms. The highest BCUT2D eigenvalue weighted by molar-refractivity contribution is 5.80. The molecule has 0 bridgehead atoms. The molecule has 1 aromatic carbocycles. The minimum atomic E-state index is 0.331. The lowest BCUT2D eigenvalue weighted by atomic mass is 9.56. The first-order valence-electron chi connectivity index (χ1n) is 6.98. The van der Waals surface area contributed by atoms with Crippen molar-refractivity contribution in [2.75, 3.05) is 0 Å². The highest BCUT2D eigenvalue weighted by atomic mass is 16.3. The van der Waals surface area contributed by atoms with Gasteiger partial charge in [0.05, 0.1) is 0 Å². The van der Waals surface area contributed by atoms with Gasteiger partial charge in [-0.25, -0.2) is 0 Å². The monoisotopic (exact) mass is 244 g/mol. The molecule has 2 aliphatic carbocycles. The second kappa shape index (κ2) is 4.11. The second-order valence-electron chi connectivity index (χ2n) is 5.89. The SMILES string of the molecule is CC[C@]12CCC(=O)C[C@@H]1c1ccc(O)cc1CC2. The molecular weight excluding hydrogens is 224 g/mol. The lowest BCUT2D eigenvalue weighted by Gasteiger charge is -2.47. The number of carbonyl (C=O) groups is 1. The Hall–Kier alpha value is -1.31. The fourth-order valence-corrected chi connectivity index (χ4v) is 3.98. The molecule has 2 nitrogen and oxygen atoms in total. The molecule has 0 spiro atoms. The number of phenols is 1. The second-order valence-corrected chi connectivity index (χ2v) is 5.89. The van der Waals surface area contributed by atoms with Gasteiger partial charge >= 0.3 is 0 Å². The minimum Gasteiger partial charge on any atom is -0.508 e. The molecule has 1 fully saturated rings. The minimum absolute atomic E-state index is 0.331. The predicted molar refractivity (Wildman–Crippen MR) is 70.8 cm³/mol. The Morgan fingerprint density at radius 1 is 1.33 bits per heavy atom. The summed E-state index contributed by atoms with van der Waals surface area (Å²) in [5, 5.41) is 9.59. The van der Waals surface area contributed by atoms with Gasteiger partial charge in [0.1, 0.15) is 11.5 Å². The van der Waals surface area contributed by atoms with Crippen molar-refractivity contribution in [1.82, 2.24) is 0 Å². The zero-order chi connectivity index (χ0) is 12.8. The summed E-state index contributed by atoms with van der Waals surface area (Å²) in [6, 6.07) is 5.69. The molecule has 0 aliphatic heterocycles. The van der Waals surface area contributed by atoms with Crippen LogP contribution >= 0.6 is 0 Å². The van der Waals surface area contributed by atoms with Crippen molar-refractivity contribution in [2.24, 2.45) is 5.41 Å². The van der Waals surface area contributed by atoms with Crippen LogP contribution < -0.4 is 0 Å². The number of fused-ring (bicyclic) bond motifs is 3. The smallest absolute Gasteiger partial charge is 0.133 e. The summed E-state index contributed by atoms with van der Waals surface area (Å²) >= 11 is 0. The van der Waals surface area contributed by atoms with Crippen molar-refractivity contribution in [1.29, 1.82) is 0 Å². The van der Waals surface area contributed by atoms with Gasteiger partial charge in [-0.3, -0.25) is 4.79 Å². The largest absolute Gasteiger partial charge is 0.508 e. The molecule has 2 atom stereocenters. The van der Waals surface area contributed by atoms with Gasteiger partial charge in [0.25, 0.3) is 0 Å². The topological polar surface area (TPSA) is 37.3 Å². The van der Waals surface area contributed by atoms with Gasteiger partial charge in [0, 0.05) is 12.8 Å². The summed E-state index contributed by atoms with van der Waals surface area (Å²) in [5.74, 6) is 1.14. The number of hydrogen-bond donors (Lipinski definition) is 1. The number of carbonyl (C=O) groups excluding carboxylic acids is 1. The third kappa shape index (κ3) is 1.66. The van der Waals surface area contributed by atoms with E-state index in [1.54, 1.807) is 6.07 Å². The van der Waals surface area contributed by atoms with E-state index in [1.807, 2.05) is 12.1 Å². The Balaban J connectivity index is 2.07. The third-order valence-corrected chi connectivity index (χ3v) is 5.17. The van der Waals surface area contributed by atoms with Crippen LogP contribution in [0.2, 0.25) is 0 Å². The van der Waals surface area contributed by atoms with Crippen LogP contribution in [0.3, 0.4) is 0 Å². The van der Waals surface area contributed by atoms with Crippen molar-refractivity contribution in [3.8, 4) is 5.75 Å². The van der Waals surface area contributed by atoms with Crippen molar-refractivity contribution in [2.45, 2.75) is 51.4 Å². The number of ketones is 1. The van der Waals surface area contributed by atoms with Crippen LogP contribution in [-0.2, 0) is 11.2 Å². The van der Waals surface area contributed by atoms with Crippen LogP contribution in [0.4, 0.5) is 0 Å². The molecule has 3 rings (SSSR count). The summed E-state index contributed by atoms with van der Waals surface area (Å²) in [5.41, 5.74) is 2.89. The molecule has 1 aromatic rings. The van der Waals surface area contributed by atoms with Crippen molar-refractivity contribution in [3.05, 3.63) is 29.3 Å². The number of Topliss-reactive ketones (excluding diaryl/α,β-unsaturated/α-hetero) is 1. The highest BCUT2D eigenvalue weighted by Gasteiger charge is 2.45. The normalized spacial score (nSPS) is 30.7. The standard InChI is InChI=1S/C16H20O2/c1-2-16-7-5-11-9-12(17)3-4-14(11)15(16)10-13(18)6-8-16/h3-4,9,15,17H,2,5-8,10H2,1H3/t15-,16+/m1/s1. The van der Waals surface area contributed by atoms with E-state index in [9.17, 15) is 9.90 Å². The first-order chi connectivity index (χ1) is 8.64. The maximum atomic E-state index is 11.8. The van der Waals surface area contributed by atoms with Gasteiger partial charge in [0.15, 0.2) is 0 Å². The van der Waals surface area contributed by atoms with Crippen molar-refractivity contribution in [3.63, 3.8) is 0 Å². The lowest BCUT2D eigenvalue weighted by Crippen LogP contribution is -2.38. The molecule has 0 unspecified atom stereocenters. The van der Waals surface area contributed by atoms with E-state index in [2.05, 4.69) is 6.92 Å². The quantitative estimate of drug-likeness (QED) is 0.820. The van der Waals surface area contributed by atoms with E-state index in [0.717, 1.165) is 32.1 Å². The Bertz CT molecular complexity index is 492. The zero-order valence-corrected chi connectivity index (χ0v) is 10.9. The fraction of sp³-hybridized carbons (Fsp3) is 0.562. The molecular formula is C16H20O2. The van der Waals surface area contributed by atoms with Crippen LogP contribution in [-0.4, -0.2) is 10.9 Å². The maximum absolute atomic E-state index is 11.8. The van der Waals surface area contributed by atoms with Gasteiger partial charge in [-0.15, -0.1) is 0 Å². The van der Waals surface area contributed by atoms with E-state index in [1.165, 1.54) is 11.1 Å². The van der Waals surface area contributed by atoms with Crippen molar-refractivity contribution >= 4 is 5.78 Å². The molecule has 0 radical (unpaired) electrons. The zero-order valence-electron chi connectivity index (χ0n) is 10.9. The van der Waals surface area contributed by atoms with Crippen LogP contribution in [0, 0.1) is 5.41 Å². The Kier molecular flexibility index (Phi) is 2.69. The molecule has 0 heterocycles. The van der Waals surface area contributed by atoms with Gasteiger partial charge in [-0.05, 0) is 60.3 Å². The average molecular weight is 244 g/mol. The number of phenolic OH excluding ortho intramolecular Hbond substituents is 1. The molecule has 1 N–H and O–H groups in total.